The molecular formula is C49H30N4O. The molecule has 0 saturated heterocycles. The summed E-state index contributed by atoms with van der Waals surface area (Å²) in [5.41, 5.74) is 1.87. The van der Waals surface area contributed by atoms with Crippen molar-refractivity contribution in [2.24, 2.45) is 0 Å². The van der Waals surface area contributed by atoms with Gasteiger partial charge in [-0.2, -0.15) is 0 Å². The number of nitrogens with zero attached hydrogens (tertiary/aromatic N) is 4. The highest BCUT2D eigenvalue weighted by molar-refractivity contribution is 6.10. The number of hydrogen-bond acceptors (Lipinski definition) is 4. The molecule has 0 aliphatic rings. The van der Waals surface area contributed by atoms with Gasteiger partial charge in [-0.15, -0.1) is 0 Å². The zero-order valence-electron chi connectivity index (χ0n) is 41.9. The molecule has 0 unspecified atom stereocenters. The summed E-state index contributed by atoms with van der Waals surface area (Å²) in [7, 11) is 0. The van der Waals surface area contributed by atoms with Gasteiger partial charge in [0.2, 0.25) is 0 Å². The molecule has 0 aliphatic carbocycles. The Morgan fingerprint density at radius 1 is 0.444 bits per heavy atom. The maximum Gasteiger partial charge on any atom is 0.166 e. The van der Waals surface area contributed by atoms with E-state index >= 15 is 0 Å². The van der Waals surface area contributed by atoms with Gasteiger partial charge in [-0.1, -0.05) is 139 Å². The van der Waals surface area contributed by atoms with E-state index in [1.807, 2.05) is 42.5 Å². The Bertz CT molecular complexity index is 4060. The molecule has 3 heterocycles. The van der Waals surface area contributed by atoms with Crippen LogP contribution in [0.1, 0.15) is 19.2 Å². The van der Waals surface area contributed by atoms with Crippen LogP contribution in [0, 0.1) is 0 Å². The van der Waals surface area contributed by atoms with Gasteiger partial charge in [0.1, 0.15) is 11.2 Å². The van der Waals surface area contributed by atoms with Crippen LogP contribution in [0.3, 0.4) is 0 Å². The molecule has 252 valence electrons. The predicted molar refractivity (Wildman–Crippen MR) is 221 cm³/mol. The van der Waals surface area contributed by atoms with E-state index in [1.165, 1.54) is 10.6 Å². The van der Waals surface area contributed by atoms with E-state index in [9.17, 15) is 0 Å². The smallest absolute Gasteiger partial charge is 0.166 e. The summed E-state index contributed by atoms with van der Waals surface area (Å²) in [6.07, 6.45) is 0. The molecular weight excluding hydrogens is 661 g/mol. The second kappa shape index (κ2) is 12.1. The van der Waals surface area contributed by atoms with Crippen molar-refractivity contribution in [1.29, 1.82) is 0 Å². The fourth-order valence-electron chi connectivity index (χ4n) is 6.99. The Kier molecular flexibility index (Phi) is 4.36. The number of furan rings is 1. The van der Waals surface area contributed by atoms with Crippen LogP contribution in [0.15, 0.2) is 186 Å². The topological polar surface area (TPSA) is 56.7 Å². The van der Waals surface area contributed by atoms with Gasteiger partial charge in [0.25, 0.3) is 0 Å². The number of fused-ring (bicyclic) bond motifs is 7. The molecule has 54 heavy (non-hydrogen) atoms. The van der Waals surface area contributed by atoms with Crippen LogP contribution >= 0.6 is 0 Å². The lowest BCUT2D eigenvalue weighted by molar-refractivity contribution is 0.670. The van der Waals surface area contributed by atoms with Gasteiger partial charge in [-0.05, 0) is 58.7 Å². The lowest BCUT2D eigenvalue weighted by atomic mass is 10.00. The van der Waals surface area contributed by atoms with E-state index in [1.54, 1.807) is 48.5 Å². The van der Waals surface area contributed by atoms with Crippen LogP contribution in [0.25, 0.3) is 105 Å². The molecule has 5 nitrogen and oxygen atoms in total. The molecule has 0 N–H and O–H groups in total. The Hall–Kier alpha value is -7.37. The van der Waals surface area contributed by atoms with Crippen molar-refractivity contribution in [3.8, 4) is 51.0 Å². The molecule has 0 bridgehead atoms. The number of hydrogen-bond donors (Lipinski definition) is 0. The Morgan fingerprint density at radius 2 is 1.13 bits per heavy atom. The third-order valence-corrected chi connectivity index (χ3v) is 9.45. The normalized spacial score (nSPS) is 15.3. The first-order valence-electron chi connectivity index (χ1n) is 24.0. The summed E-state index contributed by atoms with van der Waals surface area (Å²) in [5, 5.41) is 1.77. The molecule has 3 aromatic heterocycles. The van der Waals surface area contributed by atoms with E-state index in [0.717, 1.165) is 10.8 Å². The maximum absolute atomic E-state index is 9.13. The molecule has 5 heteroatoms. The monoisotopic (exact) mass is 704 g/mol. The van der Waals surface area contributed by atoms with E-state index in [0.29, 0.717) is 27.9 Å². The largest absolute Gasteiger partial charge is 0.455 e. The Labute approximate surface area is 330 Å². The molecule has 0 amide bonds. The highest BCUT2D eigenvalue weighted by atomic mass is 16.3. The molecule has 0 radical (unpaired) electrons. The van der Waals surface area contributed by atoms with E-state index in [2.05, 4.69) is 0 Å². The molecule has 11 rings (SSSR count). The number of aromatic nitrogens is 4. The molecule has 0 saturated carbocycles. The second-order valence-corrected chi connectivity index (χ2v) is 12.6. The van der Waals surface area contributed by atoms with Gasteiger partial charge in [0, 0.05) is 43.8 Å². The molecule has 0 fully saturated rings. The standard InChI is InChI=1S/C49H30N4O/c1-2-14-32-29-35(28-27-31(32)13-1)48-50-47(34-16-11-15-33(30-34)36-21-12-22-40-39-19-6-10-26-45(39)54-46(36)40)51-49(52-48)41-20-5-9-25-44(41)53-42-23-7-3-17-37(42)38-18-4-8-24-43(38)53/h1-30H/i3D,4D,6D,7D,10D,12D,17D,18D,19D,21D,22D,23D,24D,26D. The van der Waals surface area contributed by atoms with Gasteiger partial charge < -0.3 is 8.98 Å². The van der Waals surface area contributed by atoms with Crippen LogP contribution < -0.4 is 0 Å². The van der Waals surface area contributed by atoms with Gasteiger partial charge in [-0.25, -0.2) is 15.0 Å². The molecule has 8 aromatic carbocycles. The molecule has 0 spiro atoms. The minimum absolute atomic E-state index is 0.00804. The van der Waals surface area contributed by atoms with Crippen molar-refractivity contribution >= 4 is 54.5 Å². The Morgan fingerprint density at radius 3 is 2.04 bits per heavy atom. The van der Waals surface area contributed by atoms with Crippen LogP contribution in [-0.4, -0.2) is 19.5 Å². The highest BCUT2D eigenvalue weighted by Crippen LogP contribution is 2.39. The Balaban J connectivity index is 1.19. The van der Waals surface area contributed by atoms with Crippen LogP contribution in [0.4, 0.5) is 0 Å². The lowest BCUT2D eigenvalue weighted by Crippen LogP contribution is -2.03. The summed E-state index contributed by atoms with van der Waals surface area (Å²) in [6, 6.07) is 22.4. The first-order valence-corrected chi connectivity index (χ1v) is 17.0. The predicted octanol–water partition coefficient (Wildman–Crippen LogP) is 12.7. The first-order chi connectivity index (χ1) is 32.6. The van der Waals surface area contributed by atoms with Crippen LogP contribution in [0.5, 0.6) is 0 Å². The van der Waals surface area contributed by atoms with Gasteiger partial charge >= 0.3 is 0 Å². The van der Waals surface area contributed by atoms with Crippen molar-refractivity contribution in [3.63, 3.8) is 0 Å². The zero-order chi connectivity index (χ0) is 47.8. The van der Waals surface area contributed by atoms with E-state index in [-0.39, 0.29) is 91.0 Å². The van der Waals surface area contributed by atoms with Crippen LogP contribution in [0.2, 0.25) is 0 Å². The minimum atomic E-state index is -0.533. The average molecular weight is 705 g/mol. The molecule has 0 aliphatic heterocycles. The summed E-state index contributed by atoms with van der Waals surface area (Å²) in [6.45, 7) is 0. The number of benzene rings is 8. The molecule has 11 aromatic rings. The zero-order valence-corrected chi connectivity index (χ0v) is 27.9. The van der Waals surface area contributed by atoms with Gasteiger partial charge in [0.15, 0.2) is 17.5 Å². The van der Waals surface area contributed by atoms with Crippen LogP contribution in [-0.2, 0) is 0 Å². The van der Waals surface area contributed by atoms with Gasteiger partial charge in [0.05, 0.1) is 35.9 Å². The highest BCUT2D eigenvalue weighted by Gasteiger charge is 2.20. The lowest BCUT2D eigenvalue weighted by Gasteiger charge is -2.15. The minimum Gasteiger partial charge on any atom is -0.455 e. The number of para-hydroxylation sites is 5. The van der Waals surface area contributed by atoms with E-state index < -0.39 is 60.4 Å². The van der Waals surface area contributed by atoms with Crippen molar-refractivity contribution in [3.05, 3.63) is 182 Å². The SMILES string of the molecule is [2H]c1cc([2H])c2c(c1[2H])c1c([2H])c([2H])c([2H])c([2H])c1n2-c1ccccc1-c1nc(-c2cccc(-c3c([2H])c([2H])c([2H])c4c3oc3c([2H])c([2H])c([2H])c([2H])c34)c2)nc(-c2ccc3ccccc3c2)n1. The third kappa shape index (κ3) is 4.83. The summed E-state index contributed by atoms with van der Waals surface area (Å²) in [4.78, 5) is 15.0. The summed E-state index contributed by atoms with van der Waals surface area (Å²) in [5.74, 6) is 0.494. The summed E-state index contributed by atoms with van der Waals surface area (Å²) >= 11 is 0. The van der Waals surface area contributed by atoms with Crippen molar-refractivity contribution < 1.29 is 23.6 Å². The summed E-state index contributed by atoms with van der Waals surface area (Å²) < 4.78 is 130. The quantitative estimate of drug-likeness (QED) is 0.179. The molecule has 0 atom stereocenters. The van der Waals surface area contributed by atoms with Crippen molar-refractivity contribution in [2.45, 2.75) is 0 Å². The first kappa shape index (κ1) is 19.5. The van der Waals surface area contributed by atoms with Crippen molar-refractivity contribution in [1.82, 2.24) is 19.5 Å². The second-order valence-electron chi connectivity index (χ2n) is 12.6. The van der Waals surface area contributed by atoms with E-state index in [4.69, 9.17) is 38.6 Å². The number of rotatable bonds is 5. The fraction of sp³-hybridized carbons (Fsp3) is 0. The van der Waals surface area contributed by atoms with Gasteiger partial charge in [-0.3, -0.25) is 0 Å². The average Bonchev–Trinajstić information content (AvgIpc) is 3.93. The fourth-order valence-corrected chi connectivity index (χ4v) is 6.99. The third-order valence-electron chi connectivity index (χ3n) is 9.45. The maximum atomic E-state index is 9.13. The van der Waals surface area contributed by atoms with Crippen molar-refractivity contribution in [2.75, 3.05) is 0 Å².